The van der Waals surface area contributed by atoms with Gasteiger partial charge in [-0.2, -0.15) is 0 Å². The van der Waals surface area contributed by atoms with E-state index in [1.807, 2.05) is 0 Å². The summed E-state index contributed by atoms with van der Waals surface area (Å²) in [7, 11) is 0. The first-order chi connectivity index (χ1) is 10.8. The van der Waals surface area contributed by atoms with Crippen molar-refractivity contribution in [3.05, 3.63) is 35.9 Å². The average Bonchev–Trinajstić information content (AvgIpc) is 2.58. The Morgan fingerprint density at radius 1 is 0.909 bits per heavy atom. The summed E-state index contributed by atoms with van der Waals surface area (Å²) < 4.78 is 0. The molecule has 0 spiro atoms. The molecule has 2 nitrogen and oxygen atoms in total. The van der Waals surface area contributed by atoms with Crippen molar-refractivity contribution in [1.29, 1.82) is 0 Å². The molecule has 0 radical (unpaired) electrons. The average molecular weight is 301 g/mol. The van der Waals surface area contributed by atoms with Gasteiger partial charge in [-0.3, -0.25) is 0 Å². The fourth-order valence-corrected chi connectivity index (χ4v) is 4.31. The van der Waals surface area contributed by atoms with E-state index in [0.29, 0.717) is 12.1 Å². The molecule has 1 aromatic rings. The lowest BCUT2D eigenvalue weighted by atomic mass is 9.80. The van der Waals surface area contributed by atoms with Gasteiger partial charge in [0.05, 0.1) is 6.10 Å². The second kappa shape index (κ2) is 8.12. The Morgan fingerprint density at radius 2 is 1.59 bits per heavy atom. The van der Waals surface area contributed by atoms with Crippen LogP contribution >= 0.6 is 0 Å². The number of aliphatic hydroxyl groups excluding tert-OH is 1. The van der Waals surface area contributed by atoms with E-state index in [1.165, 1.54) is 37.7 Å². The fourth-order valence-electron chi connectivity index (χ4n) is 4.31. The van der Waals surface area contributed by atoms with Crippen molar-refractivity contribution in [2.45, 2.75) is 82.4 Å². The van der Waals surface area contributed by atoms with Crippen LogP contribution in [-0.4, -0.2) is 23.3 Å². The van der Waals surface area contributed by atoms with Gasteiger partial charge in [-0.05, 0) is 56.4 Å². The Morgan fingerprint density at radius 3 is 2.27 bits per heavy atom. The van der Waals surface area contributed by atoms with E-state index < -0.39 is 0 Å². The van der Waals surface area contributed by atoms with Crippen LogP contribution in [0.2, 0.25) is 0 Å². The molecule has 3 rings (SSSR count). The van der Waals surface area contributed by atoms with Crippen LogP contribution in [0.25, 0.3) is 0 Å². The molecule has 2 N–H and O–H groups in total. The summed E-state index contributed by atoms with van der Waals surface area (Å²) in [4.78, 5) is 0. The first kappa shape index (κ1) is 16.0. The van der Waals surface area contributed by atoms with Crippen molar-refractivity contribution in [3.8, 4) is 0 Å². The van der Waals surface area contributed by atoms with Crippen LogP contribution in [0.5, 0.6) is 0 Å². The SMILES string of the molecule is OC1CCC(N[C@H](Cc2ccccc2)C2CCCCC2)CC1. The monoisotopic (exact) mass is 301 g/mol. The highest BCUT2D eigenvalue weighted by Gasteiger charge is 2.27. The number of hydrogen-bond donors (Lipinski definition) is 2. The van der Waals surface area contributed by atoms with E-state index in [9.17, 15) is 5.11 Å². The number of nitrogens with one attached hydrogen (secondary N) is 1. The van der Waals surface area contributed by atoms with E-state index in [4.69, 9.17) is 0 Å². The lowest BCUT2D eigenvalue weighted by Gasteiger charge is -2.36. The molecule has 122 valence electrons. The maximum atomic E-state index is 9.72. The topological polar surface area (TPSA) is 32.3 Å². The molecule has 2 heteroatoms. The molecule has 2 fully saturated rings. The predicted molar refractivity (Wildman–Crippen MR) is 91.9 cm³/mol. The van der Waals surface area contributed by atoms with Gasteiger partial charge in [0.25, 0.3) is 0 Å². The third kappa shape index (κ3) is 4.57. The molecule has 2 aliphatic carbocycles. The van der Waals surface area contributed by atoms with Crippen molar-refractivity contribution >= 4 is 0 Å². The normalized spacial score (nSPS) is 28.4. The second-order valence-electron chi connectivity index (χ2n) is 7.37. The van der Waals surface area contributed by atoms with Gasteiger partial charge in [0.1, 0.15) is 0 Å². The number of hydrogen-bond acceptors (Lipinski definition) is 2. The van der Waals surface area contributed by atoms with Crippen molar-refractivity contribution in [1.82, 2.24) is 5.32 Å². The zero-order valence-corrected chi connectivity index (χ0v) is 13.7. The lowest BCUT2D eigenvalue weighted by molar-refractivity contribution is 0.109. The van der Waals surface area contributed by atoms with Crippen LogP contribution in [-0.2, 0) is 6.42 Å². The molecular formula is C20H31NO. The minimum Gasteiger partial charge on any atom is -0.393 e. The number of rotatable bonds is 5. The molecular weight excluding hydrogens is 270 g/mol. The Labute approximate surface area is 135 Å². The summed E-state index contributed by atoms with van der Waals surface area (Å²) in [5.41, 5.74) is 1.46. The quantitative estimate of drug-likeness (QED) is 0.859. The largest absolute Gasteiger partial charge is 0.393 e. The molecule has 0 heterocycles. The van der Waals surface area contributed by atoms with Crippen LogP contribution in [0.3, 0.4) is 0 Å². The standard InChI is InChI=1S/C20H31NO/c22-19-13-11-18(12-14-19)21-20(17-9-5-2-6-10-17)15-16-7-3-1-4-8-16/h1,3-4,7-8,17-22H,2,5-6,9-15H2/t18?,19?,20-/m1/s1. The summed E-state index contributed by atoms with van der Waals surface area (Å²) in [6.07, 6.45) is 12.3. The molecule has 2 saturated carbocycles. The first-order valence-electron chi connectivity index (χ1n) is 9.29. The van der Waals surface area contributed by atoms with Gasteiger partial charge in [-0.25, -0.2) is 0 Å². The minimum absolute atomic E-state index is 0.0553. The van der Waals surface area contributed by atoms with Gasteiger partial charge < -0.3 is 10.4 Å². The van der Waals surface area contributed by atoms with Gasteiger partial charge in [0.15, 0.2) is 0 Å². The summed E-state index contributed by atoms with van der Waals surface area (Å²) in [5, 5.41) is 13.7. The lowest BCUT2D eigenvalue weighted by Crippen LogP contribution is -2.46. The zero-order chi connectivity index (χ0) is 15.2. The van der Waals surface area contributed by atoms with Crippen molar-refractivity contribution in [3.63, 3.8) is 0 Å². The van der Waals surface area contributed by atoms with Gasteiger partial charge in [-0.1, -0.05) is 49.6 Å². The van der Waals surface area contributed by atoms with Gasteiger partial charge in [-0.15, -0.1) is 0 Å². The van der Waals surface area contributed by atoms with E-state index in [0.717, 1.165) is 38.0 Å². The van der Waals surface area contributed by atoms with E-state index in [2.05, 4.69) is 35.6 Å². The van der Waals surface area contributed by atoms with Gasteiger partial charge >= 0.3 is 0 Å². The molecule has 1 atom stereocenters. The number of aliphatic hydroxyl groups is 1. The molecule has 0 amide bonds. The van der Waals surface area contributed by atoms with Gasteiger partial charge in [0, 0.05) is 12.1 Å². The summed E-state index contributed by atoms with van der Waals surface area (Å²) in [6, 6.07) is 12.2. The van der Waals surface area contributed by atoms with Crippen molar-refractivity contribution in [2.24, 2.45) is 5.92 Å². The Kier molecular flexibility index (Phi) is 5.91. The molecule has 2 aliphatic rings. The third-order valence-corrected chi connectivity index (χ3v) is 5.66. The third-order valence-electron chi connectivity index (χ3n) is 5.66. The number of benzene rings is 1. The molecule has 22 heavy (non-hydrogen) atoms. The van der Waals surface area contributed by atoms with Crippen LogP contribution < -0.4 is 5.32 Å². The molecule has 0 saturated heterocycles. The molecule has 0 aliphatic heterocycles. The Balaban J connectivity index is 1.62. The summed E-state index contributed by atoms with van der Waals surface area (Å²) >= 11 is 0. The summed E-state index contributed by atoms with van der Waals surface area (Å²) in [5.74, 6) is 0.834. The zero-order valence-electron chi connectivity index (χ0n) is 13.7. The highest BCUT2D eigenvalue weighted by Crippen LogP contribution is 2.29. The van der Waals surface area contributed by atoms with E-state index in [-0.39, 0.29) is 6.10 Å². The van der Waals surface area contributed by atoms with Crippen LogP contribution in [0, 0.1) is 5.92 Å². The molecule has 1 aromatic carbocycles. The van der Waals surface area contributed by atoms with E-state index >= 15 is 0 Å². The van der Waals surface area contributed by atoms with Gasteiger partial charge in [0.2, 0.25) is 0 Å². The predicted octanol–water partition coefficient (Wildman–Crippen LogP) is 4.07. The van der Waals surface area contributed by atoms with Crippen molar-refractivity contribution in [2.75, 3.05) is 0 Å². The Hall–Kier alpha value is -0.860. The molecule has 0 bridgehead atoms. The van der Waals surface area contributed by atoms with E-state index in [1.54, 1.807) is 0 Å². The highest BCUT2D eigenvalue weighted by atomic mass is 16.3. The maximum absolute atomic E-state index is 9.72. The van der Waals surface area contributed by atoms with Crippen LogP contribution in [0.4, 0.5) is 0 Å². The Bertz CT molecular complexity index is 419. The van der Waals surface area contributed by atoms with Crippen LogP contribution in [0.1, 0.15) is 63.4 Å². The maximum Gasteiger partial charge on any atom is 0.0541 e. The van der Waals surface area contributed by atoms with Crippen LogP contribution in [0.15, 0.2) is 30.3 Å². The summed E-state index contributed by atoms with van der Waals surface area (Å²) in [6.45, 7) is 0. The molecule has 0 aromatic heterocycles. The first-order valence-corrected chi connectivity index (χ1v) is 9.29. The second-order valence-corrected chi connectivity index (χ2v) is 7.37. The van der Waals surface area contributed by atoms with Crippen molar-refractivity contribution < 1.29 is 5.11 Å². The fraction of sp³-hybridized carbons (Fsp3) is 0.700. The highest BCUT2D eigenvalue weighted by molar-refractivity contribution is 5.16. The molecule has 0 unspecified atom stereocenters. The minimum atomic E-state index is -0.0553. The smallest absolute Gasteiger partial charge is 0.0541 e.